The van der Waals surface area contributed by atoms with Crippen molar-refractivity contribution in [3.63, 3.8) is 0 Å². The molecule has 0 radical (unpaired) electrons. The first-order chi connectivity index (χ1) is 27.6. The van der Waals surface area contributed by atoms with Crippen LogP contribution in [0.1, 0.15) is 29.9 Å². The summed E-state index contributed by atoms with van der Waals surface area (Å²) in [7, 11) is 2.75. The molecule has 2 heterocycles. The molecule has 2 aliphatic carbocycles. The quantitative estimate of drug-likeness (QED) is 0.0865. The number of anilines is 3. The second-order valence-corrected chi connectivity index (χ2v) is 15.3. The molecule has 18 heteroatoms. The molecule has 4 amide bonds. The van der Waals surface area contributed by atoms with Crippen LogP contribution >= 0.6 is 11.6 Å². The SMILES string of the molecule is CN(C)c1c([N+](=O)[O-])cc(N2C(=O)[C@H]3[C@H](CC=C4[C@H]3C[C@H]3C(=O)N(Nc5ccc(F)cc5)C(=O)[C@@]3(c3ccc(Cl)cc3)[C@H]4c3ccc(O)c(F)c3)C2=O)cc1[N+](=O)[O-]. The van der Waals surface area contributed by atoms with E-state index < -0.39 is 97.2 Å². The number of carbonyl (C=O) groups excluding carboxylic acids is 4. The summed E-state index contributed by atoms with van der Waals surface area (Å²) >= 11 is 6.30. The molecule has 8 rings (SSSR count). The van der Waals surface area contributed by atoms with E-state index in [2.05, 4.69) is 5.43 Å². The van der Waals surface area contributed by atoms with E-state index in [4.69, 9.17) is 11.6 Å². The molecule has 15 nitrogen and oxygen atoms in total. The van der Waals surface area contributed by atoms with Gasteiger partial charge in [0, 0.05) is 37.2 Å². The third kappa shape index (κ3) is 5.59. The predicted molar refractivity (Wildman–Crippen MR) is 204 cm³/mol. The number of nitrogens with one attached hydrogen (secondary N) is 1. The molecule has 2 aliphatic heterocycles. The fraction of sp³-hybridized carbons (Fsp3) is 0.250. The van der Waals surface area contributed by atoms with Gasteiger partial charge in [-0.1, -0.05) is 41.4 Å². The van der Waals surface area contributed by atoms with Crippen LogP contribution in [0.2, 0.25) is 5.02 Å². The van der Waals surface area contributed by atoms with Gasteiger partial charge in [0.25, 0.3) is 11.8 Å². The molecule has 2 saturated heterocycles. The number of hydrogen-bond donors (Lipinski definition) is 2. The molecule has 3 fully saturated rings. The van der Waals surface area contributed by atoms with Crippen molar-refractivity contribution in [3.05, 3.63) is 139 Å². The van der Waals surface area contributed by atoms with Crippen molar-refractivity contribution >= 4 is 63.7 Å². The topological polar surface area (TPSA) is 197 Å². The number of rotatable bonds is 8. The summed E-state index contributed by atoms with van der Waals surface area (Å²) in [5.41, 5.74) is -0.111. The molecule has 4 aliphatic rings. The highest BCUT2D eigenvalue weighted by molar-refractivity contribution is 6.30. The zero-order chi connectivity index (χ0) is 41.5. The Labute approximate surface area is 332 Å². The van der Waals surface area contributed by atoms with Crippen LogP contribution in [0.25, 0.3) is 0 Å². The van der Waals surface area contributed by atoms with Gasteiger partial charge in [-0.25, -0.2) is 13.7 Å². The van der Waals surface area contributed by atoms with Crippen LogP contribution in [0.15, 0.2) is 90.5 Å². The molecule has 58 heavy (non-hydrogen) atoms. The minimum Gasteiger partial charge on any atom is -0.505 e. The van der Waals surface area contributed by atoms with Gasteiger partial charge in [-0.3, -0.25) is 44.8 Å². The van der Waals surface area contributed by atoms with Crippen LogP contribution < -0.4 is 15.2 Å². The van der Waals surface area contributed by atoms with Gasteiger partial charge < -0.3 is 10.0 Å². The Kier molecular flexibility index (Phi) is 9.02. The lowest BCUT2D eigenvalue weighted by atomic mass is 9.49. The van der Waals surface area contributed by atoms with E-state index in [1.54, 1.807) is 18.2 Å². The van der Waals surface area contributed by atoms with E-state index in [-0.39, 0.29) is 35.5 Å². The van der Waals surface area contributed by atoms with E-state index in [1.807, 2.05) is 0 Å². The van der Waals surface area contributed by atoms with Gasteiger partial charge in [0.2, 0.25) is 11.8 Å². The predicted octanol–water partition coefficient (Wildman–Crippen LogP) is 6.40. The fourth-order valence-electron chi connectivity index (χ4n) is 9.44. The number of imide groups is 2. The Balaban J connectivity index is 1.31. The van der Waals surface area contributed by atoms with Crippen LogP contribution in [0, 0.1) is 55.5 Å². The van der Waals surface area contributed by atoms with Crippen LogP contribution in [0.4, 0.5) is 37.2 Å². The Morgan fingerprint density at radius 3 is 2.09 bits per heavy atom. The number of aromatic hydroxyl groups is 1. The third-order valence-corrected chi connectivity index (χ3v) is 12.0. The summed E-state index contributed by atoms with van der Waals surface area (Å²) in [5.74, 6) is -11.1. The summed E-state index contributed by atoms with van der Waals surface area (Å²) < 4.78 is 29.3. The Hall–Kier alpha value is -6.75. The molecule has 6 atom stereocenters. The summed E-state index contributed by atoms with van der Waals surface area (Å²) in [6, 6.07) is 16.5. The van der Waals surface area contributed by atoms with Crippen molar-refractivity contribution in [2.75, 3.05) is 29.3 Å². The minimum atomic E-state index is -1.83. The first-order valence-electron chi connectivity index (χ1n) is 17.9. The molecule has 0 aromatic heterocycles. The molecule has 0 spiro atoms. The fourth-order valence-corrected chi connectivity index (χ4v) is 9.57. The Bertz CT molecular complexity index is 2480. The van der Waals surface area contributed by atoms with E-state index >= 15 is 9.18 Å². The van der Waals surface area contributed by atoms with Crippen LogP contribution in [-0.2, 0) is 24.6 Å². The van der Waals surface area contributed by atoms with Crippen molar-refractivity contribution in [2.24, 2.45) is 23.7 Å². The van der Waals surface area contributed by atoms with Gasteiger partial charge in [-0.05, 0) is 78.4 Å². The second-order valence-electron chi connectivity index (χ2n) is 14.8. The van der Waals surface area contributed by atoms with Crippen molar-refractivity contribution in [2.45, 2.75) is 24.2 Å². The number of allylic oxidation sites excluding steroid dienone is 2. The normalized spacial score (nSPS) is 24.9. The molecular weight excluding hydrogens is 782 g/mol. The number of hydrogen-bond acceptors (Lipinski definition) is 11. The minimum absolute atomic E-state index is 0.0876. The summed E-state index contributed by atoms with van der Waals surface area (Å²) in [6.45, 7) is 0. The van der Waals surface area contributed by atoms with Crippen molar-refractivity contribution in [1.82, 2.24) is 5.01 Å². The molecular formula is C40H31ClF2N6O9. The number of amides is 4. The van der Waals surface area contributed by atoms with Gasteiger partial charge in [-0.2, -0.15) is 5.01 Å². The summed E-state index contributed by atoms with van der Waals surface area (Å²) in [6.07, 6.45) is 1.40. The average molecular weight is 813 g/mol. The van der Waals surface area contributed by atoms with Gasteiger partial charge in [-0.15, -0.1) is 0 Å². The number of carbonyl (C=O) groups is 4. The maximum absolute atomic E-state index is 15.4. The molecule has 0 unspecified atom stereocenters. The van der Waals surface area contributed by atoms with Gasteiger partial charge in [0.1, 0.15) is 5.82 Å². The molecule has 4 aromatic rings. The zero-order valence-corrected chi connectivity index (χ0v) is 31.2. The highest BCUT2D eigenvalue weighted by Crippen LogP contribution is 2.64. The van der Waals surface area contributed by atoms with E-state index in [0.717, 1.165) is 41.4 Å². The van der Waals surface area contributed by atoms with E-state index in [0.29, 0.717) is 21.1 Å². The zero-order valence-electron chi connectivity index (χ0n) is 30.5. The maximum atomic E-state index is 15.4. The molecule has 0 bridgehead atoms. The number of hydrazine groups is 1. The lowest BCUT2D eigenvalue weighted by Gasteiger charge is -2.50. The molecule has 296 valence electrons. The second kappa shape index (κ2) is 13.7. The monoisotopic (exact) mass is 812 g/mol. The number of halogens is 3. The summed E-state index contributed by atoms with van der Waals surface area (Å²) in [5, 5.41) is 35.7. The van der Waals surface area contributed by atoms with Crippen molar-refractivity contribution in [1.29, 1.82) is 0 Å². The Morgan fingerprint density at radius 1 is 0.862 bits per heavy atom. The van der Waals surface area contributed by atoms with E-state index in [1.165, 1.54) is 49.3 Å². The number of phenols is 1. The number of benzene rings is 4. The first kappa shape index (κ1) is 38.1. The standard InChI is InChI=1S/C40H31ClF2N6O9/c1-45(2)35-30(48(55)56)16-24(17-31(35)49(57)58)46-36(51)26-13-12-25-27(33(26)38(46)53)18-28-37(52)47(44-23-10-8-22(42)9-11-23)39(54)40(28,20-4-6-21(41)7-5-20)34(25)19-3-14-32(50)29(43)15-19/h3-12,14-17,26-28,33-34,44,50H,13,18H2,1-2H3/t26-,27+,28-,33-,34-,40+/m0/s1. The Morgan fingerprint density at radius 2 is 1.50 bits per heavy atom. The number of nitrogens with zero attached hydrogens (tertiary/aromatic N) is 5. The number of nitro benzene ring substituents is 2. The maximum Gasteiger partial charge on any atom is 0.301 e. The van der Waals surface area contributed by atoms with Gasteiger partial charge in [0.15, 0.2) is 17.3 Å². The largest absolute Gasteiger partial charge is 0.505 e. The molecule has 1 saturated carbocycles. The lowest BCUT2D eigenvalue weighted by Crippen LogP contribution is -2.53. The molecule has 4 aromatic carbocycles. The first-order valence-corrected chi connectivity index (χ1v) is 18.3. The van der Waals surface area contributed by atoms with Crippen molar-refractivity contribution < 1.29 is 42.9 Å². The lowest BCUT2D eigenvalue weighted by molar-refractivity contribution is -0.392. The van der Waals surface area contributed by atoms with Crippen LogP contribution in [0.3, 0.4) is 0 Å². The van der Waals surface area contributed by atoms with E-state index in [9.17, 15) is 44.1 Å². The smallest absolute Gasteiger partial charge is 0.301 e. The summed E-state index contributed by atoms with van der Waals surface area (Å²) in [4.78, 5) is 83.5. The number of fused-ring (bicyclic) bond motifs is 4. The number of nitro groups is 2. The average Bonchev–Trinajstić information content (AvgIpc) is 3.57. The van der Waals surface area contributed by atoms with Crippen molar-refractivity contribution in [3.8, 4) is 5.75 Å². The highest BCUT2D eigenvalue weighted by Gasteiger charge is 2.70. The van der Waals surface area contributed by atoms with Crippen LogP contribution in [0.5, 0.6) is 5.75 Å². The van der Waals surface area contributed by atoms with Gasteiger partial charge in [0.05, 0.1) is 44.4 Å². The number of phenolic OH excluding ortho intramolecular Hbond substituents is 1. The third-order valence-electron chi connectivity index (χ3n) is 11.7. The van der Waals surface area contributed by atoms with Crippen LogP contribution in [-0.4, -0.2) is 57.7 Å². The molecule has 2 N–H and O–H groups in total. The highest BCUT2D eigenvalue weighted by atomic mass is 35.5. The van der Waals surface area contributed by atoms with Gasteiger partial charge >= 0.3 is 11.4 Å².